The Balaban J connectivity index is 2.38. The van der Waals surface area contributed by atoms with Gasteiger partial charge in [-0.05, 0) is 51.2 Å². The second kappa shape index (κ2) is 8.10. The molecule has 0 bridgehead atoms. The minimum Gasteiger partial charge on any atom is -0.314 e. The van der Waals surface area contributed by atoms with Gasteiger partial charge in [0, 0.05) is 6.04 Å². The van der Waals surface area contributed by atoms with Crippen LogP contribution in [0.2, 0.25) is 0 Å². The zero-order valence-electron chi connectivity index (χ0n) is 12.1. The van der Waals surface area contributed by atoms with Crippen LogP contribution >= 0.6 is 0 Å². The van der Waals surface area contributed by atoms with Gasteiger partial charge in [0.15, 0.2) is 0 Å². The van der Waals surface area contributed by atoms with Crippen LogP contribution in [0, 0.1) is 5.92 Å². The molecule has 5 heteroatoms. The Kier molecular flexibility index (Phi) is 7.15. The topological polar surface area (TPSA) is 15.3 Å². The third-order valence-electron chi connectivity index (χ3n) is 3.88. The van der Waals surface area contributed by atoms with Crippen molar-refractivity contribution in [3.63, 3.8) is 0 Å². The first kappa shape index (κ1) is 16.8. The molecule has 0 radical (unpaired) electrons. The summed E-state index contributed by atoms with van der Waals surface area (Å²) in [6.45, 7) is 5.31. The highest BCUT2D eigenvalue weighted by molar-refractivity contribution is 4.83. The van der Waals surface area contributed by atoms with Gasteiger partial charge in [-0.3, -0.25) is 4.90 Å². The van der Waals surface area contributed by atoms with E-state index < -0.39 is 12.7 Å². The highest BCUT2D eigenvalue weighted by Crippen LogP contribution is 2.29. The third-order valence-corrected chi connectivity index (χ3v) is 3.88. The van der Waals surface area contributed by atoms with E-state index in [1.165, 1.54) is 12.8 Å². The fourth-order valence-electron chi connectivity index (χ4n) is 3.10. The van der Waals surface area contributed by atoms with Crippen molar-refractivity contribution in [3.8, 4) is 0 Å². The molecule has 0 aliphatic heterocycles. The molecule has 1 N–H and O–H groups in total. The van der Waals surface area contributed by atoms with E-state index in [0.717, 1.165) is 25.8 Å². The molecule has 1 fully saturated rings. The number of hydrogen-bond acceptors (Lipinski definition) is 2. The molecule has 1 aliphatic carbocycles. The maximum atomic E-state index is 12.5. The van der Waals surface area contributed by atoms with Crippen LogP contribution in [0.3, 0.4) is 0 Å². The van der Waals surface area contributed by atoms with E-state index in [1.807, 2.05) is 6.92 Å². The van der Waals surface area contributed by atoms with E-state index in [9.17, 15) is 13.2 Å². The highest BCUT2D eigenvalue weighted by atomic mass is 19.4. The van der Waals surface area contributed by atoms with Crippen LogP contribution in [0.4, 0.5) is 13.2 Å². The molecule has 0 saturated heterocycles. The lowest BCUT2D eigenvalue weighted by atomic mass is 9.99. The number of rotatable bonds is 8. The van der Waals surface area contributed by atoms with Gasteiger partial charge in [-0.1, -0.05) is 20.3 Å². The Morgan fingerprint density at radius 1 is 1.16 bits per heavy atom. The van der Waals surface area contributed by atoms with Gasteiger partial charge in [-0.2, -0.15) is 13.2 Å². The lowest BCUT2D eigenvalue weighted by Crippen LogP contribution is -2.38. The molecule has 114 valence electrons. The Hall–Kier alpha value is -0.290. The molecule has 19 heavy (non-hydrogen) atoms. The average molecular weight is 280 g/mol. The molecule has 0 spiro atoms. The molecule has 1 aliphatic rings. The Morgan fingerprint density at radius 3 is 2.47 bits per heavy atom. The van der Waals surface area contributed by atoms with Crippen molar-refractivity contribution in [2.24, 2.45) is 5.92 Å². The van der Waals surface area contributed by atoms with E-state index in [2.05, 4.69) is 12.2 Å². The number of alkyl halides is 3. The van der Waals surface area contributed by atoms with Gasteiger partial charge in [0.2, 0.25) is 0 Å². The average Bonchev–Trinajstić information content (AvgIpc) is 2.72. The molecule has 2 unspecified atom stereocenters. The third kappa shape index (κ3) is 6.61. The number of nitrogens with one attached hydrogen (secondary N) is 1. The molecule has 1 rings (SSSR count). The van der Waals surface area contributed by atoms with Gasteiger partial charge in [0.25, 0.3) is 0 Å². The summed E-state index contributed by atoms with van der Waals surface area (Å²) in [7, 11) is 0. The molecule has 0 aromatic heterocycles. The van der Waals surface area contributed by atoms with Crippen LogP contribution in [0.1, 0.15) is 46.0 Å². The summed E-state index contributed by atoms with van der Waals surface area (Å²) in [6.07, 6.45) is 1.11. The lowest BCUT2D eigenvalue weighted by molar-refractivity contribution is -0.146. The van der Waals surface area contributed by atoms with Crippen LogP contribution in [0.5, 0.6) is 0 Å². The number of hydrogen-bond donors (Lipinski definition) is 1. The van der Waals surface area contributed by atoms with E-state index in [0.29, 0.717) is 25.0 Å². The van der Waals surface area contributed by atoms with Gasteiger partial charge in [0.05, 0.1) is 6.54 Å². The molecule has 0 heterocycles. The standard InChI is InChI=1S/C14H27F3N2/c1-3-9-19(11-14(15,16)17)10-8-12-6-5-7-13(12)18-4-2/h12-13,18H,3-11H2,1-2H3. The van der Waals surface area contributed by atoms with Crippen LogP contribution in [-0.4, -0.2) is 43.3 Å². The lowest BCUT2D eigenvalue weighted by Gasteiger charge is -2.26. The molecule has 0 aromatic rings. The molecular formula is C14H27F3N2. The first-order valence-corrected chi connectivity index (χ1v) is 7.48. The van der Waals surface area contributed by atoms with Crippen molar-refractivity contribution >= 4 is 0 Å². The SMILES string of the molecule is CCCN(CCC1CCCC1NCC)CC(F)(F)F. The largest absolute Gasteiger partial charge is 0.401 e. The van der Waals surface area contributed by atoms with Crippen LogP contribution in [0.15, 0.2) is 0 Å². The van der Waals surface area contributed by atoms with E-state index in [1.54, 1.807) is 4.90 Å². The predicted molar refractivity (Wildman–Crippen MR) is 72.2 cm³/mol. The summed E-state index contributed by atoms with van der Waals surface area (Å²) in [6, 6.07) is 0.513. The monoisotopic (exact) mass is 280 g/mol. The maximum absolute atomic E-state index is 12.5. The highest BCUT2D eigenvalue weighted by Gasteiger charge is 2.31. The first-order valence-electron chi connectivity index (χ1n) is 7.48. The molecule has 2 atom stereocenters. The van der Waals surface area contributed by atoms with Crippen LogP contribution in [-0.2, 0) is 0 Å². The maximum Gasteiger partial charge on any atom is 0.401 e. The Labute approximate surface area is 114 Å². The van der Waals surface area contributed by atoms with Gasteiger partial charge >= 0.3 is 6.18 Å². The van der Waals surface area contributed by atoms with Crippen molar-refractivity contribution in [1.82, 2.24) is 10.2 Å². The number of halogens is 3. The van der Waals surface area contributed by atoms with Gasteiger partial charge in [0.1, 0.15) is 0 Å². The quantitative estimate of drug-likeness (QED) is 0.733. The van der Waals surface area contributed by atoms with Gasteiger partial charge in [-0.25, -0.2) is 0 Å². The van der Waals surface area contributed by atoms with Crippen LogP contribution in [0.25, 0.3) is 0 Å². The molecule has 0 amide bonds. The van der Waals surface area contributed by atoms with E-state index in [-0.39, 0.29) is 0 Å². The molecule has 2 nitrogen and oxygen atoms in total. The van der Waals surface area contributed by atoms with Gasteiger partial charge < -0.3 is 5.32 Å². The van der Waals surface area contributed by atoms with Gasteiger partial charge in [-0.15, -0.1) is 0 Å². The van der Waals surface area contributed by atoms with E-state index >= 15 is 0 Å². The zero-order valence-corrected chi connectivity index (χ0v) is 12.1. The summed E-state index contributed by atoms with van der Waals surface area (Å²) < 4.78 is 37.4. The summed E-state index contributed by atoms with van der Waals surface area (Å²) >= 11 is 0. The summed E-state index contributed by atoms with van der Waals surface area (Å²) in [5.74, 6) is 0.549. The molecule has 0 aromatic carbocycles. The molecule has 1 saturated carbocycles. The summed E-state index contributed by atoms with van der Waals surface area (Å²) in [5, 5.41) is 3.46. The van der Waals surface area contributed by atoms with Crippen molar-refractivity contribution in [3.05, 3.63) is 0 Å². The second-order valence-corrected chi connectivity index (χ2v) is 5.54. The number of nitrogens with zero attached hydrogens (tertiary/aromatic N) is 1. The Morgan fingerprint density at radius 2 is 1.89 bits per heavy atom. The normalized spacial score (nSPS) is 24.3. The first-order chi connectivity index (χ1) is 8.96. The Bertz CT molecular complexity index is 243. The van der Waals surface area contributed by atoms with E-state index in [4.69, 9.17) is 0 Å². The second-order valence-electron chi connectivity index (χ2n) is 5.54. The fourth-order valence-corrected chi connectivity index (χ4v) is 3.10. The van der Waals surface area contributed by atoms with Crippen molar-refractivity contribution in [1.29, 1.82) is 0 Å². The minimum atomic E-state index is -4.08. The summed E-state index contributed by atoms with van der Waals surface area (Å²) in [4.78, 5) is 1.56. The van der Waals surface area contributed by atoms with Crippen molar-refractivity contribution in [2.45, 2.75) is 58.2 Å². The predicted octanol–water partition coefficient (Wildman–Crippen LogP) is 3.43. The minimum absolute atomic E-state index is 0.513. The fraction of sp³-hybridized carbons (Fsp3) is 1.00. The van der Waals surface area contributed by atoms with Crippen molar-refractivity contribution in [2.75, 3.05) is 26.2 Å². The summed E-state index contributed by atoms with van der Waals surface area (Å²) in [5.41, 5.74) is 0. The molecular weight excluding hydrogens is 253 g/mol. The van der Waals surface area contributed by atoms with Crippen molar-refractivity contribution < 1.29 is 13.2 Å². The zero-order chi connectivity index (χ0) is 14.3. The van der Waals surface area contributed by atoms with Crippen LogP contribution < -0.4 is 5.32 Å². The smallest absolute Gasteiger partial charge is 0.314 e.